The summed E-state index contributed by atoms with van der Waals surface area (Å²) in [6.07, 6.45) is 1.28. The number of hydrogen-bond acceptors (Lipinski definition) is 2. The molecule has 0 bridgehead atoms. The number of likely N-dealkylation sites (tertiary alicyclic amines) is 1. The lowest BCUT2D eigenvalue weighted by atomic mass is 9.71. The van der Waals surface area contributed by atoms with Gasteiger partial charge in [-0.1, -0.05) is 20.8 Å². The van der Waals surface area contributed by atoms with E-state index in [0.29, 0.717) is 10.8 Å². The van der Waals surface area contributed by atoms with Crippen LogP contribution < -0.4 is 5.32 Å². The lowest BCUT2D eigenvalue weighted by molar-refractivity contribution is 0.212. The fourth-order valence-corrected chi connectivity index (χ4v) is 3.06. The van der Waals surface area contributed by atoms with E-state index in [4.69, 9.17) is 0 Å². The summed E-state index contributed by atoms with van der Waals surface area (Å²) in [4.78, 5) is 2.68. The summed E-state index contributed by atoms with van der Waals surface area (Å²) in [7, 11) is 0. The Morgan fingerprint density at radius 1 is 1.21 bits per heavy atom. The third kappa shape index (κ3) is 1.31. The fraction of sp³-hybridized carbons (Fsp3) is 1.00. The van der Waals surface area contributed by atoms with Gasteiger partial charge >= 0.3 is 0 Å². The number of nitrogens with one attached hydrogen (secondary N) is 1. The molecule has 2 aliphatic heterocycles. The monoisotopic (exact) mass is 196 g/mol. The molecule has 0 spiro atoms. The van der Waals surface area contributed by atoms with Gasteiger partial charge in [0.05, 0.1) is 0 Å². The number of hydrogen-bond donors (Lipinski definition) is 1. The molecule has 2 rings (SSSR count). The molecule has 0 unspecified atom stereocenters. The van der Waals surface area contributed by atoms with Crippen molar-refractivity contribution < 1.29 is 0 Å². The summed E-state index contributed by atoms with van der Waals surface area (Å²) in [5, 5.41) is 3.56. The molecule has 2 heterocycles. The topological polar surface area (TPSA) is 15.3 Å². The van der Waals surface area contributed by atoms with Gasteiger partial charge in [-0.15, -0.1) is 0 Å². The molecule has 0 aromatic carbocycles. The predicted molar refractivity (Wildman–Crippen MR) is 60.4 cm³/mol. The molecule has 14 heavy (non-hydrogen) atoms. The Bertz CT molecular complexity index is 210. The molecule has 2 saturated heterocycles. The summed E-state index contributed by atoms with van der Waals surface area (Å²) in [6, 6.07) is 0.759. The molecule has 2 heteroatoms. The molecule has 2 nitrogen and oxygen atoms in total. The third-order valence-corrected chi connectivity index (χ3v) is 4.81. The van der Waals surface area contributed by atoms with Crippen LogP contribution in [0.15, 0.2) is 0 Å². The zero-order chi connectivity index (χ0) is 10.4. The highest BCUT2D eigenvalue weighted by atomic mass is 15.2. The Balaban J connectivity index is 2.12. The van der Waals surface area contributed by atoms with Crippen molar-refractivity contribution in [3.05, 3.63) is 0 Å². The van der Waals surface area contributed by atoms with Gasteiger partial charge in [0.2, 0.25) is 0 Å². The molecule has 82 valence electrons. The van der Waals surface area contributed by atoms with Crippen LogP contribution in [0.25, 0.3) is 0 Å². The van der Waals surface area contributed by atoms with E-state index in [9.17, 15) is 0 Å². The van der Waals surface area contributed by atoms with Crippen LogP contribution >= 0.6 is 0 Å². The van der Waals surface area contributed by atoms with Crippen molar-refractivity contribution in [3.8, 4) is 0 Å². The summed E-state index contributed by atoms with van der Waals surface area (Å²) in [5.41, 5.74) is 1.02. The van der Waals surface area contributed by atoms with E-state index in [0.717, 1.165) is 6.04 Å². The lowest BCUT2D eigenvalue weighted by Gasteiger charge is -2.31. The number of nitrogens with zero attached hydrogens (tertiary/aromatic N) is 1. The van der Waals surface area contributed by atoms with Crippen molar-refractivity contribution in [2.24, 2.45) is 10.8 Å². The van der Waals surface area contributed by atoms with Crippen LogP contribution in [-0.2, 0) is 0 Å². The highest BCUT2D eigenvalue weighted by molar-refractivity contribution is 5.09. The molecule has 0 aromatic heterocycles. The zero-order valence-electron chi connectivity index (χ0n) is 10.1. The Labute approximate surface area is 88.1 Å². The summed E-state index contributed by atoms with van der Waals surface area (Å²) >= 11 is 0. The standard InChI is InChI=1S/C12H24N2/c1-5-10(2)14-8-11(3)6-13-7-12(11,4)9-14/h10,13H,5-9H2,1-4H3/t10-,11-,12+/m1/s1. The zero-order valence-corrected chi connectivity index (χ0v) is 10.1. The van der Waals surface area contributed by atoms with Gasteiger partial charge in [-0.3, -0.25) is 4.90 Å². The number of fused-ring (bicyclic) bond motifs is 1. The first-order valence-electron chi connectivity index (χ1n) is 5.95. The molecule has 2 fully saturated rings. The highest BCUT2D eigenvalue weighted by Crippen LogP contribution is 2.48. The second-order valence-corrected chi connectivity index (χ2v) is 5.89. The molecule has 3 atom stereocenters. The van der Waals surface area contributed by atoms with Crippen molar-refractivity contribution in [2.45, 2.75) is 40.2 Å². The van der Waals surface area contributed by atoms with Gasteiger partial charge in [-0.2, -0.15) is 0 Å². The van der Waals surface area contributed by atoms with Crippen molar-refractivity contribution in [1.82, 2.24) is 10.2 Å². The summed E-state index contributed by atoms with van der Waals surface area (Å²) in [6.45, 7) is 14.5. The SMILES string of the molecule is CC[C@@H](C)N1C[C@]2(C)CNC[C@]2(C)C1. The van der Waals surface area contributed by atoms with Crippen molar-refractivity contribution in [3.63, 3.8) is 0 Å². The maximum absolute atomic E-state index is 3.56. The van der Waals surface area contributed by atoms with Crippen LogP contribution in [0.2, 0.25) is 0 Å². The molecule has 0 saturated carbocycles. The van der Waals surface area contributed by atoms with Crippen LogP contribution in [0.5, 0.6) is 0 Å². The van der Waals surface area contributed by atoms with Crippen molar-refractivity contribution >= 4 is 0 Å². The van der Waals surface area contributed by atoms with Gasteiger partial charge in [0.15, 0.2) is 0 Å². The maximum Gasteiger partial charge on any atom is 0.00647 e. The van der Waals surface area contributed by atoms with Gasteiger partial charge in [-0.25, -0.2) is 0 Å². The average molecular weight is 196 g/mol. The minimum atomic E-state index is 0.510. The van der Waals surface area contributed by atoms with Crippen molar-refractivity contribution in [2.75, 3.05) is 26.2 Å². The van der Waals surface area contributed by atoms with Gasteiger partial charge in [0, 0.05) is 43.1 Å². The van der Waals surface area contributed by atoms with Crippen LogP contribution in [0, 0.1) is 10.8 Å². The molecule has 0 aliphatic carbocycles. The van der Waals surface area contributed by atoms with E-state index in [-0.39, 0.29) is 0 Å². The average Bonchev–Trinajstić information content (AvgIpc) is 2.52. The molecule has 1 N–H and O–H groups in total. The van der Waals surface area contributed by atoms with Gasteiger partial charge in [0.25, 0.3) is 0 Å². The third-order valence-electron chi connectivity index (χ3n) is 4.81. The molecule has 2 aliphatic rings. The predicted octanol–water partition coefficient (Wildman–Crippen LogP) is 1.72. The Morgan fingerprint density at radius 2 is 1.71 bits per heavy atom. The van der Waals surface area contributed by atoms with Crippen LogP contribution in [0.3, 0.4) is 0 Å². The van der Waals surface area contributed by atoms with Crippen LogP contribution in [0.4, 0.5) is 0 Å². The Morgan fingerprint density at radius 3 is 2.14 bits per heavy atom. The quantitative estimate of drug-likeness (QED) is 0.723. The van der Waals surface area contributed by atoms with E-state index in [1.165, 1.54) is 32.6 Å². The minimum Gasteiger partial charge on any atom is -0.316 e. The largest absolute Gasteiger partial charge is 0.316 e. The molecular formula is C12H24N2. The van der Waals surface area contributed by atoms with Gasteiger partial charge in [-0.05, 0) is 13.3 Å². The van der Waals surface area contributed by atoms with Crippen molar-refractivity contribution in [1.29, 1.82) is 0 Å². The summed E-state index contributed by atoms with van der Waals surface area (Å²) in [5.74, 6) is 0. The molecule has 0 radical (unpaired) electrons. The molecular weight excluding hydrogens is 172 g/mol. The Hall–Kier alpha value is -0.0800. The van der Waals surface area contributed by atoms with E-state index >= 15 is 0 Å². The van der Waals surface area contributed by atoms with E-state index in [1.807, 2.05) is 0 Å². The first-order valence-corrected chi connectivity index (χ1v) is 5.95. The summed E-state index contributed by atoms with van der Waals surface area (Å²) < 4.78 is 0. The van der Waals surface area contributed by atoms with E-state index in [2.05, 4.69) is 37.9 Å². The molecule has 0 aromatic rings. The lowest BCUT2D eigenvalue weighted by Crippen LogP contribution is -2.35. The minimum absolute atomic E-state index is 0.510. The second kappa shape index (κ2) is 3.21. The van der Waals surface area contributed by atoms with Crippen LogP contribution in [-0.4, -0.2) is 37.1 Å². The van der Waals surface area contributed by atoms with Gasteiger partial charge in [0.1, 0.15) is 0 Å². The first-order chi connectivity index (χ1) is 6.51. The maximum atomic E-state index is 3.56. The smallest absolute Gasteiger partial charge is 0.00647 e. The second-order valence-electron chi connectivity index (χ2n) is 5.89. The van der Waals surface area contributed by atoms with E-state index in [1.54, 1.807) is 0 Å². The fourth-order valence-electron chi connectivity index (χ4n) is 3.06. The Kier molecular flexibility index (Phi) is 2.39. The van der Waals surface area contributed by atoms with E-state index < -0.39 is 0 Å². The first kappa shape index (κ1) is 10.4. The van der Waals surface area contributed by atoms with Crippen LogP contribution in [0.1, 0.15) is 34.1 Å². The normalized spacial score (nSPS) is 45.4. The number of rotatable bonds is 2. The highest BCUT2D eigenvalue weighted by Gasteiger charge is 2.55. The van der Waals surface area contributed by atoms with Gasteiger partial charge < -0.3 is 5.32 Å². The molecule has 0 amide bonds.